The molecule has 0 radical (unpaired) electrons. The number of nitrogens with one attached hydrogen (secondary N) is 2. The molecule has 8 nitrogen and oxygen atoms in total. The van der Waals surface area contributed by atoms with Crippen LogP contribution >= 0.6 is 0 Å². The van der Waals surface area contributed by atoms with Crippen molar-refractivity contribution >= 4 is 15.9 Å². The lowest BCUT2D eigenvalue weighted by atomic mass is 9.93. The Balaban J connectivity index is 1.67. The maximum absolute atomic E-state index is 13.1. The molecule has 0 aliphatic carbocycles. The van der Waals surface area contributed by atoms with Gasteiger partial charge in [-0.3, -0.25) is 9.89 Å². The van der Waals surface area contributed by atoms with Crippen molar-refractivity contribution in [1.29, 1.82) is 0 Å². The molecule has 1 unspecified atom stereocenters. The SMILES string of the molecule is CNCC1CCN(C(=O)C2CCCN(S(=O)(=O)c3c(C)n[nH]c3C)C2)CC1. The van der Waals surface area contributed by atoms with E-state index in [4.69, 9.17) is 0 Å². The summed E-state index contributed by atoms with van der Waals surface area (Å²) in [5, 5.41) is 9.97. The predicted octanol–water partition coefficient (Wildman–Crippen LogP) is 0.885. The second-order valence-electron chi connectivity index (χ2n) is 7.79. The molecule has 2 saturated heterocycles. The van der Waals surface area contributed by atoms with Gasteiger partial charge in [-0.2, -0.15) is 9.40 Å². The standard InChI is InChI=1S/C18H31N5O3S/c1-13-17(14(2)21-20-13)27(25,26)23-8-4-5-16(12-23)18(24)22-9-6-15(7-10-22)11-19-3/h15-16,19H,4-12H2,1-3H3,(H,20,21). The number of aromatic nitrogens is 2. The van der Waals surface area contributed by atoms with Crippen molar-refractivity contribution < 1.29 is 13.2 Å². The number of carbonyl (C=O) groups is 1. The third kappa shape index (κ3) is 4.20. The van der Waals surface area contributed by atoms with Crippen LogP contribution in [0.1, 0.15) is 37.1 Å². The highest BCUT2D eigenvalue weighted by Gasteiger charge is 2.37. The molecule has 1 aromatic heterocycles. The molecule has 0 spiro atoms. The third-order valence-corrected chi connectivity index (χ3v) is 7.94. The first-order valence-electron chi connectivity index (χ1n) is 9.79. The highest BCUT2D eigenvalue weighted by atomic mass is 32.2. The normalized spacial score (nSPS) is 22.9. The number of piperidine rings is 2. The summed E-state index contributed by atoms with van der Waals surface area (Å²) in [6.07, 6.45) is 3.48. The molecule has 2 fully saturated rings. The fourth-order valence-electron chi connectivity index (χ4n) is 4.32. The average Bonchev–Trinajstić information content (AvgIpc) is 3.01. The second-order valence-corrected chi connectivity index (χ2v) is 9.67. The van der Waals surface area contributed by atoms with Crippen LogP contribution in [-0.4, -0.2) is 73.5 Å². The van der Waals surface area contributed by atoms with Crippen LogP contribution in [0.25, 0.3) is 0 Å². The van der Waals surface area contributed by atoms with E-state index in [1.54, 1.807) is 13.8 Å². The summed E-state index contributed by atoms with van der Waals surface area (Å²) in [4.78, 5) is 15.2. The summed E-state index contributed by atoms with van der Waals surface area (Å²) in [7, 11) is -1.68. The Bertz CT molecular complexity index is 748. The molecular weight excluding hydrogens is 366 g/mol. The van der Waals surface area contributed by atoms with Crippen molar-refractivity contribution in [2.75, 3.05) is 39.8 Å². The number of aryl methyl sites for hydroxylation is 2. The van der Waals surface area contributed by atoms with Crippen LogP contribution < -0.4 is 5.32 Å². The molecule has 2 N–H and O–H groups in total. The van der Waals surface area contributed by atoms with E-state index < -0.39 is 10.0 Å². The van der Waals surface area contributed by atoms with Crippen molar-refractivity contribution in [2.24, 2.45) is 11.8 Å². The molecular formula is C18H31N5O3S. The average molecular weight is 398 g/mol. The second kappa shape index (κ2) is 8.28. The van der Waals surface area contributed by atoms with Crippen molar-refractivity contribution in [3.63, 3.8) is 0 Å². The van der Waals surface area contributed by atoms with Gasteiger partial charge in [-0.05, 0) is 59.0 Å². The quantitative estimate of drug-likeness (QED) is 0.769. The first-order chi connectivity index (χ1) is 12.8. The Morgan fingerprint density at radius 3 is 2.52 bits per heavy atom. The molecule has 1 amide bonds. The first kappa shape index (κ1) is 20.3. The molecule has 3 heterocycles. The molecule has 1 aromatic rings. The van der Waals surface area contributed by atoms with E-state index in [1.165, 1.54) is 4.31 Å². The lowest BCUT2D eigenvalue weighted by Gasteiger charge is -2.37. The summed E-state index contributed by atoms with van der Waals surface area (Å²) < 4.78 is 27.6. The first-order valence-corrected chi connectivity index (χ1v) is 11.2. The largest absolute Gasteiger partial charge is 0.342 e. The number of nitrogens with zero attached hydrogens (tertiary/aromatic N) is 3. The highest BCUT2D eigenvalue weighted by molar-refractivity contribution is 7.89. The number of hydrogen-bond donors (Lipinski definition) is 2. The minimum absolute atomic E-state index is 0.110. The van der Waals surface area contributed by atoms with Crippen molar-refractivity contribution in [3.8, 4) is 0 Å². The zero-order valence-electron chi connectivity index (χ0n) is 16.5. The van der Waals surface area contributed by atoms with E-state index >= 15 is 0 Å². The van der Waals surface area contributed by atoms with Crippen LogP contribution in [0.5, 0.6) is 0 Å². The number of likely N-dealkylation sites (tertiary alicyclic amines) is 1. The lowest BCUT2D eigenvalue weighted by Crippen LogP contribution is -2.49. The van der Waals surface area contributed by atoms with Gasteiger partial charge < -0.3 is 10.2 Å². The summed E-state index contributed by atoms with van der Waals surface area (Å²) >= 11 is 0. The number of aromatic amines is 1. The van der Waals surface area contributed by atoms with Crippen LogP contribution in [0.4, 0.5) is 0 Å². The molecule has 2 aliphatic rings. The minimum atomic E-state index is -3.63. The highest BCUT2D eigenvalue weighted by Crippen LogP contribution is 2.28. The Morgan fingerprint density at radius 1 is 1.22 bits per heavy atom. The van der Waals surface area contributed by atoms with Crippen molar-refractivity contribution in [3.05, 3.63) is 11.4 Å². The van der Waals surface area contributed by atoms with E-state index in [0.717, 1.165) is 38.9 Å². The van der Waals surface area contributed by atoms with E-state index in [1.807, 2.05) is 11.9 Å². The van der Waals surface area contributed by atoms with Gasteiger partial charge in [0.1, 0.15) is 4.90 Å². The molecule has 9 heteroatoms. The molecule has 2 aliphatic heterocycles. The van der Waals surface area contributed by atoms with Gasteiger partial charge >= 0.3 is 0 Å². The number of hydrogen-bond acceptors (Lipinski definition) is 5. The Labute approximate surface area is 161 Å². The Kier molecular flexibility index (Phi) is 6.22. The van der Waals surface area contributed by atoms with Crippen LogP contribution in [0.15, 0.2) is 4.90 Å². The summed E-state index contributed by atoms with van der Waals surface area (Å²) in [5.41, 5.74) is 1.03. The molecule has 0 saturated carbocycles. The predicted molar refractivity (Wildman–Crippen MR) is 103 cm³/mol. The summed E-state index contributed by atoms with van der Waals surface area (Å²) in [6, 6.07) is 0. The number of carbonyl (C=O) groups excluding carboxylic acids is 1. The van der Waals surface area contributed by atoms with Gasteiger partial charge in [-0.1, -0.05) is 0 Å². The third-order valence-electron chi connectivity index (χ3n) is 5.81. The van der Waals surface area contributed by atoms with Gasteiger partial charge in [0.2, 0.25) is 15.9 Å². The van der Waals surface area contributed by atoms with Crippen molar-refractivity contribution in [2.45, 2.75) is 44.4 Å². The molecule has 0 aromatic carbocycles. The van der Waals surface area contributed by atoms with Gasteiger partial charge in [-0.25, -0.2) is 8.42 Å². The smallest absolute Gasteiger partial charge is 0.246 e. The fourth-order valence-corrected chi connectivity index (χ4v) is 6.17. The topological polar surface area (TPSA) is 98.4 Å². The van der Waals surface area contributed by atoms with Crippen LogP contribution in [0.2, 0.25) is 0 Å². The summed E-state index contributed by atoms with van der Waals surface area (Å²) in [6.45, 7) is 6.67. The monoisotopic (exact) mass is 397 g/mol. The molecule has 0 bridgehead atoms. The van der Waals surface area contributed by atoms with E-state index in [9.17, 15) is 13.2 Å². The number of sulfonamides is 1. The van der Waals surface area contributed by atoms with Gasteiger partial charge in [0.05, 0.1) is 17.3 Å². The zero-order valence-corrected chi connectivity index (χ0v) is 17.3. The maximum atomic E-state index is 13.1. The molecule has 1 atom stereocenters. The number of amides is 1. The molecule has 152 valence electrons. The summed E-state index contributed by atoms with van der Waals surface area (Å²) in [5.74, 6) is 0.481. The van der Waals surface area contributed by atoms with Crippen molar-refractivity contribution in [1.82, 2.24) is 24.7 Å². The fraction of sp³-hybridized carbons (Fsp3) is 0.778. The van der Waals surface area contributed by atoms with Gasteiger partial charge in [0.15, 0.2) is 0 Å². The van der Waals surface area contributed by atoms with E-state index in [-0.39, 0.29) is 23.3 Å². The zero-order chi connectivity index (χ0) is 19.6. The maximum Gasteiger partial charge on any atom is 0.246 e. The van der Waals surface area contributed by atoms with E-state index in [2.05, 4.69) is 15.5 Å². The van der Waals surface area contributed by atoms with Crippen LogP contribution in [-0.2, 0) is 14.8 Å². The van der Waals surface area contributed by atoms with Crippen LogP contribution in [0.3, 0.4) is 0 Å². The van der Waals surface area contributed by atoms with Gasteiger partial charge in [0, 0.05) is 26.2 Å². The Hall–Kier alpha value is -1.45. The minimum Gasteiger partial charge on any atom is -0.342 e. The molecule has 3 rings (SSSR count). The molecule has 27 heavy (non-hydrogen) atoms. The Morgan fingerprint density at radius 2 is 1.93 bits per heavy atom. The number of rotatable bonds is 5. The van der Waals surface area contributed by atoms with E-state index in [0.29, 0.717) is 30.3 Å². The number of H-pyrrole nitrogens is 1. The lowest BCUT2D eigenvalue weighted by molar-refractivity contribution is -0.138. The van der Waals surface area contributed by atoms with Crippen LogP contribution in [0, 0.1) is 25.7 Å². The van der Waals surface area contributed by atoms with Gasteiger partial charge in [-0.15, -0.1) is 0 Å². The van der Waals surface area contributed by atoms with Gasteiger partial charge in [0.25, 0.3) is 0 Å².